The van der Waals surface area contributed by atoms with Crippen LogP contribution in [0.5, 0.6) is 0 Å². The molecular formula is C16H21FN2O4S. The second-order valence-electron chi connectivity index (χ2n) is 6.20. The molecule has 2 aliphatic heterocycles. The summed E-state index contributed by atoms with van der Waals surface area (Å²) >= 11 is 0. The normalized spacial score (nSPS) is 22.0. The number of amides is 1. The van der Waals surface area contributed by atoms with Gasteiger partial charge in [-0.3, -0.25) is 4.79 Å². The molecular weight excluding hydrogens is 335 g/mol. The molecule has 24 heavy (non-hydrogen) atoms. The van der Waals surface area contributed by atoms with E-state index in [1.54, 1.807) is 0 Å². The molecule has 6 nitrogen and oxygen atoms in total. The van der Waals surface area contributed by atoms with E-state index in [0.717, 1.165) is 38.0 Å². The number of hydrogen-bond acceptors (Lipinski definition) is 4. The quantitative estimate of drug-likeness (QED) is 0.865. The Balaban J connectivity index is 1.71. The minimum atomic E-state index is -3.87. The molecule has 2 saturated heterocycles. The second-order valence-corrected chi connectivity index (χ2v) is 8.10. The predicted molar refractivity (Wildman–Crippen MR) is 85.7 cm³/mol. The first-order valence-electron chi connectivity index (χ1n) is 8.14. The number of halogens is 1. The van der Waals surface area contributed by atoms with Crippen LogP contribution in [0.15, 0.2) is 23.1 Å². The van der Waals surface area contributed by atoms with Crippen LogP contribution in [0.4, 0.5) is 4.39 Å². The van der Waals surface area contributed by atoms with Crippen molar-refractivity contribution in [1.29, 1.82) is 0 Å². The Kier molecular flexibility index (Phi) is 5.17. The number of carbonyl (C=O) groups excluding carboxylic acids is 1. The molecule has 0 spiro atoms. The fourth-order valence-electron chi connectivity index (χ4n) is 2.82. The number of sulfonamides is 1. The van der Waals surface area contributed by atoms with Crippen molar-refractivity contribution in [2.45, 2.75) is 24.2 Å². The van der Waals surface area contributed by atoms with Crippen LogP contribution >= 0.6 is 0 Å². The lowest BCUT2D eigenvalue weighted by atomic mass is 10.0. The van der Waals surface area contributed by atoms with Crippen molar-refractivity contribution in [3.63, 3.8) is 0 Å². The van der Waals surface area contributed by atoms with Gasteiger partial charge < -0.3 is 10.1 Å². The van der Waals surface area contributed by atoms with E-state index in [1.165, 1.54) is 10.4 Å². The summed E-state index contributed by atoms with van der Waals surface area (Å²) in [4.78, 5) is 11.8. The van der Waals surface area contributed by atoms with Crippen molar-refractivity contribution < 1.29 is 22.3 Å². The van der Waals surface area contributed by atoms with E-state index in [-0.39, 0.29) is 11.5 Å². The molecule has 8 heteroatoms. The van der Waals surface area contributed by atoms with Crippen LogP contribution in [0.25, 0.3) is 0 Å². The van der Waals surface area contributed by atoms with Gasteiger partial charge in [0.2, 0.25) is 10.0 Å². The average Bonchev–Trinajstić information content (AvgIpc) is 2.51. The van der Waals surface area contributed by atoms with E-state index < -0.39 is 26.6 Å². The molecule has 0 bridgehead atoms. The van der Waals surface area contributed by atoms with Gasteiger partial charge in [-0.15, -0.1) is 0 Å². The Morgan fingerprint density at radius 1 is 1.33 bits per heavy atom. The van der Waals surface area contributed by atoms with E-state index in [2.05, 4.69) is 5.32 Å². The number of ether oxygens (including phenoxy) is 1. The van der Waals surface area contributed by atoms with Crippen LogP contribution in [-0.4, -0.2) is 51.5 Å². The molecule has 1 N–H and O–H groups in total. The molecule has 1 aromatic carbocycles. The van der Waals surface area contributed by atoms with E-state index >= 15 is 0 Å². The highest BCUT2D eigenvalue weighted by Crippen LogP contribution is 2.24. The molecule has 0 aliphatic carbocycles. The van der Waals surface area contributed by atoms with Crippen molar-refractivity contribution >= 4 is 15.9 Å². The Morgan fingerprint density at radius 3 is 2.75 bits per heavy atom. The molecule has 132 valence electrons. The first-order chi connectivity index (χ1) is 11.5. The van der Waals surface area contributed by atoms with Gasteiger partial charge in [0.05, 0.1) is 6.61 Å². The zero-order chi connectivity index (χ0) is 17.2. The lowest BCUT2D eigenvalue weighted by molar-refractivity contribution is 0.0536. The number of nitrogens with one attached hydrogen (secondary N) is 1. The summed E-state index contributed by atoms with van der Waals surface area (Å²) in [5.41, 5.74) is 0.146. The lowest BCUT2D eigenvalue weighted by Crippen LogP contribution is -2.42. The van der Waals surface area contributed by atoms with Crippen molar-refractivity contribution in [2.75, 3.05) is 32.8 Å². The Morgan fingerprint density at radius 2 is 2.12 bits per heavy atom. The minimum absolute atomic E-state index is 0.146. The van der Waals surface area contributed by atoms with E-state index in [0.29, 0.717) is 26.2 Å². The maximum absolute atomic E-state index is 14.0. The Labute approximate surface area is 141 Å². The van der Waals surface area contributed by atoms with Crippen LogP contribution < -0.4 is 5.32 Å². The van der Waals surface area contributed by atoms with Gasteiger partial charge in [-0.1, -0.05) is 0 Å². The van der Waals surface area contributed by atoms with Crippen LogP contribution in [0, 0.1) is 11.7 Å². The number of carbonyl (C=O) groups is 1. The second kappa shape index (κ2) is 7.16. The van der Waals surface area contributed by atoms with Gasteiger partial charge in [0.1, 0.15) is 10.7 Å². The molecule has 2 heterocycles. The van der Waals surface area contributed by atoms with Crippen LogP contribution in [0.2, 0.25) is 0 Å². The molecule has 2 fully saturated rings. The molecule has 0 radical (unpaired) electrons. The number of benzene rings is 1. The van der Waals surface area contributed by atoms with Gasteiger partial charge in [-0.05, 0) is 43.4 Å². The smallest absolute Gasteiger partial charge is 0.251 e. The summed E-state index contributed by atoms with van der Waals surface area (Å²) in [7, 11) is -3.87. The largest absolute Gasteiger partial charge is 0.381 e. The first kappa shape index (κ1) is 17.3. The minimum Gasteiger partial charge on any atom is -0.381 e. The third-order valence-corrected chi connectivity index (χ3v) is 6.35. The average molecular weight is 356 g/mol. The molecule has 1 unspecified atom stereocenters. The van der Waals surface area contributed by atoms with Gasteiger partial charge in [-0.2, -0.15) is 4.31 Å². The molecule has 0 aromatic heterocycles. The highest BCUT2D eigenvalue weighted by Gasteiger charge is 2.32. The van der Waals surface area contributed by atoms with Crippen LogP contribution in [-0.2, 0) is 14.8 Å². The van der Waals surface area contributed by atoms with Crippen LogP contribution in [0.1, 0.15) is 29.6 Å². The molecule has 1 atom stereocenters. The third kappa shape index (κ3) is 3.60. The topological polar surface area (TPSA) is 75.7 Å². The van der Waals surface area contributed by atoms with E-state index in [4.69, 9.17) is 4.74 Å². The number of rotatable bonds is 5. The van der Waals surface area contributed by atoms with Gasteiger partial charge in [0.15, 0.2) is 0 Å². The SMILES string of the molecule is O=C(NCC1CCCOC1)c1ccc(F)c(S(=O)(=O)N2CCC2)c1. The predicted octanol–water partition coefficient (Wildman–Crippen LogP) is 1.38. The van der Waals surface area contributed by atoms with Crippen molar-refractivity contribution in [3.8, 4) is 0 Å². The zero-order valence-electron chi connectivity index (χ0n) is 13.3. The van der Waals surface area contributed by atoms with Gasteiger partial charge in [0.25, 0.3) is 5.91 Å². The lowest BCUT2D eigenvalue weighted by Gasteiger charge is -2.29. The fraction of sp³-hybridized carbons (Fsp3) is 0.562. The fourth-order valence-corrected chi connectivity index (χ4v) is 4.42. The summed E-state index contributed by atoms with van der Waals surface area (Å²) in [6.07, 6.45) is 2.72. The molecule has 1 amide bonds. The van der Waals surface area contributed by atoms with E-state index in [1.807, 2.05) is 0 Å². The van der Waals surface area contributed by atoms with Gasteiger partial charge in [0, 0.05) is 31.8 Å². The zero-order valence-corrected chi connectivity index (χ0v) is 14.1. The van der Waals surface area contributed by atoms with Crippen molar-refractivity contribution in [3.05, 3.63) is 29.6 Å². The van der Waals surface area contributed by atoms with Gasteiger partial charge >= 0.3 is 0 Å². The van der Waals surface area contributed by atoms with Crippen molar-refractivity contribution in [2.24, 2.45) is 5.92 Å². The number of nitrogens with zero attached hydrogens (tertiary/aromatic N) is 1. The maximum Gasteiger partial charge on any atom is 0.251 e. The van der Waals surface area contributed by atoms with Crippen molar-refractivity contribution in [1.82, 2.24) is 9.62 Å². The monoisotopic (exact) mass is 356 g/mol. The maximum atomic E-state index is 14.0. The van der Waals surface area contributed by atoms with E-state index in [9.17, 15) is 17.6 Å². The van der Waals surface area contributed by atoms with Crippen LogP contribution in [0.3, 0.4) is 0 Å². The third-order valence-electron chi connectivity index (χ3n) is 4.43. The molecule has 3 rings (SSSR count). The molecule has 0 saturated carbocycles. The summed E-state index contributed by atoms with van der Waals surface area (Å²) in [6, 6.07) is 3.46. The molecule has 1 aromatic rings. The summed E-state index contributed by atoms with van der Waals surface area (Å²) in [6.45, 7) is 2.60. The van der Waals surface area contributed by atoms with Gasteiger partial charge in [-0.25, -0.2) is 12.8 Å². The number of hydrogen-bond donors (Lipinski definition) is 1. The summed E-state index contributed by atoms with van der Waals surface area (Å²) in [5.74, 6) is -0.979. The summed E-state index contributed by atoms with van der Waals surface area (Å²) in [5, 5.41) is 2.77. The molecule has 2 aliphatic rings. The first-order valence-corrected chi connectivity index (χ1v) is 9.58. The highest BCUT2D eigenvalue weighted by atomic mass is 32.2. The Hall–Kier alpha value is -1.51. The summed E-state index contributed by atoms with van der Waals surface area (Å²) < 4.78 is 45.3. The highest BCUT2D eigenvalue weighted by molar-refractivity contribution is 7.89. The Bertz CT molecular complexity index is 713. The standard InChI is InChI=1S/C16H21FN2O4S/c17-14-5-4-13(9-15(14)24(21,22)19-6-2-7-19)16(20)18-10-12-3-1-8-23-11-12/h4-5,9,12H,1-3,6-8,10-11H2,(H,18,20).